The number of carbonyl (C=O) groups excluding carboxylic acids is 2. The van der Waals surface area contributed by atoms with Gasteiger partial charge in [0.25, 0.3) is 5.91 Å². The lowest BCUT2D eigenvalue weighted by atomic mass is 9.98. The molecular formula is C23H28N4O3. The molecule has 0 spiro atoms. The van der Waals surface area contributed by atoms with Gasteiger partial charge in [-0.25, -0.2) is 9.80 Å². The van der Waals surface area contributed by atoms with Crippen molar-refractivity contribution in [3.8, 4) is 5.75 Å². The van der Waals surface area contributed by atoms with Gasteiger partial charge in [-0.05, 0) is 31.5 Å². The Bertz CT molecular complexity index is 927. The number of methoxy groups -OCH3 is 1. The van der Waals surface area contributed by atoms with Crippen LogP contribution in [0.4, 0.5) is 4.79 Å². The summed E-state index contributed by atoms with van der Waals surface area (Å²) in [7, 11) is 3.23. The predicted molar refractivity (Wildman–Crippen MR) is 116 cm³/mol. The van der Waals surface area contributed by atoms with Crippen LogP contribution in [0.1, 0.15) is 37.4 Å². The van der Waals surface area contributed by atoms with Crippen LogP contribution < -0.4 is 10.1 Å². The number of carbonyl (C=O) groups is 2. The summed E-state index contributed by atoms with van der Waals surface area (Å²) in [4.78, 5) is 26.7. The number of nitrogens with one attached hydrogen (secondary N) is 1. The van der Waals surface area contributed by atoms with E-state index in [1.54, 1.807) is 14.2 Å². The molecule has 1 atom stereocenters. The smallest absolute Gasteiger partial charge is 0.317 e. The number of hydrogen-bond acceptors (Lipinski definition) is 4. The lowest BCUT2D eigenvalue weighted by Crippen LogP contribution is -2.45. The summed E-state index contributed by atoms with van der Waals surface area (Å²) in [5.41, 5.74) is 2.73. The Labute approximate surface area is 177 Å². The minimum Gasteiger partial charge on any atom is -0.497 e. The molecule has 1 aliphatic heterocycles. The van der Waals surface area contributed by atoms with Crippen molar-refractivity contribution in [2.45, 2.75) is 32.4 Å². The van der Waals surface area contributed by atoms with Crippen LogP contribution in [0.5, 0.6) is 5.75 Å². The van der Waals surface area contributed by atoms with E-state index < -0.39 is 0 Å². The Morgan fingerprint density at radius 2 is 1.93 bits per heavy atom. The van der Waals surface area contributed by atoms with E-state index in [1.807, 2.05) is 68.4 Å². The summed E-state index contributed by atoms with van der Waals surface area (Å²) < 4.78 is 5.32. The number of rotatable bonds is 6. The Balaban J connectivity index is 1.85. The molecule has 30 heavy (non-hydrogen) atoms. The zero-order chi connectivity index (χ0) is 21.7. The SMILES string of the molecule is COc1cccc(C2=NN(C(=O)CN(C)C(=O)NC(C)C)[C@@H](c3ccccc3)C2)c1. The van der Waals surface area contributed by atoms with Crippen molar-refractivity contribution in [3.05, 3.63) is 65.7 Å². The van der Waals surface area contributed by atoms with Gasteiger partial charge in [-0.1, -0.05) is 42.5 Å². The number of amides is 3. The highest BCUT2D eigenvalue weighted by molar-refractivity contribution is 6.03. The Morgan fingerprint density at radius 3 is 2.60 bits per heavy atom. The molecule has 0 radical (unpaired) electrons. The summed E-state index contributed by atoms with van der Waals surface area (Å²) in [5.74, 6) is 0.504. The monoisotopic (exact) mass is 408 g/mol. The first kappa shape index (κ1) is 21.4. The Morgan fingerprint density at radius 1 is 1.20 bits per heavy atom. The second-order valence-corrected chi connectivity index (χ2v) is 7.61. The van der Waals surface area contributed by atoms with Crippen molar-refractivity contribution in [2.75, 3.05) is 20.7 Å². The van der Waals surface area contributed by atoms with E-state index in [9.17, 15) is 9.59 Å². The normalized spacial score (nSPS) is 15.7. The molecule has 7 nitrogen and oxygen atoms in total. The maximum Gasteiger partial charge on any atom is 0.317 e. The van der Waals surface area contributed by atoms with Crippen LogP contribution in [0.2, 0.25) is 0 Å². The summed E-state index contributed by atoms with van der Waals surface area (Å²) in [6.07, 6.45) is 0.588. The van der Waals surface area contributed by atoms with Crippen molar-refractivity contribution < 1.29 is 14.3 Å². The van der Waals surface area contributed by atoms with Gasteiger partial charge < -0.3 is 15.0 Å². The number of hydrogen-bond donors (Lipinski definition) is 1. The van der Waals surface area contributed by atoms with Crippen molar-refractivity contribution in [1.82, 2.24) is 15.2 Å². The molecule has 0 aliphatic carbocycles. The average Bonchev–Trinajstić information content (AvgIpc) is 3.19. The third-order valence-corrected chi connectivity index (χ3v) is 4.88. The molecule has 7 heteroatoms. The Kier molecular flexibility index (Phi) is 6.72. The predicted octanol–water partition coefficient (Wildman–Crippen LogP) is 3.42. The number of likely N-dealkylation sites (N-methyl/N-ethyl adjacent to an activating group) is 1. The second kappa shape index (κ2) is 9.43. The van der Waals surface area contributed by atoms with E-state index in [-0.39, 0.29) is 30.6 Å². The summed E-state index contributed by atoms with van der Waals surface area (Å²) in [6.45, 7) is 3.70. The van der Waals surface area contributed by atoms with Gasteiger partial charge in [-0.2, -0.15) is 5.10 Å². The van der Waals surface area contributed by atoms with Gasteiger partial charge in [0.1, 0.15) is 12.3 Å². The first-order valence-corrected chi connectivity index (χ1v) is 9.99. The number of urea groups is 1. The molecule has 2 aromatic carbocycles. The van der Waals surface area contributed by atoms with Gasteiger partial charge in [0.15, 0.2) is 0 Å². The van der Waals surface area contributed by atoms with Gasteiger partial charge in [0, 0.05) is 25.1 Å². The average molecular weight is 409 g/mol. The topological polar surface area (TPSA) is 74.2 Å². The van der Waals surface area contributed by atoms with Crippen LogP contribution in [-0.4, -0.2) is 54.3 Å². The minimum atomic E-state index is -0.286. The molecule has 0 saturated carbocycles. The largest absolute Gasteiger partial charge is 0.497 e. The molecule has 0 saturated heterocycles. The van der Waals surface area contributed by atoms with Gasteiger partial charge in [-0.15, -0.1) is 0 Å². The quantitative estimate of drug-likeness (QED) is 0.796. The molecule has 0 fully saturated rings. The summed E-state index contributed by atoms with van der Waals surface area (Å²) in [5, 5.41) is 8.95. The third kappa shape index (κ3) is 4.97. The molecule has 1 aliphatic rings. The van der Waals surface area contributed by atoms with Crippen LogP contribution in [0.25, 0.3) is 0 Å². The maximum atomic E-state index is 13.1. The molecule has 0 bridgehead atoms. The van der Waals surface area contributed by atoms with E-state index in [0.29, 0.717) is 6.42 Å². The molecule has 158 valence electrons. The number of benzene rings is 2. The molecule has 3 rings (SSSR count). The van der Waals surface area contributed by atoms with Crippen LogP contribution in [-0.2, 0) is 4.79 Å². The van der Waals surface area contributed by atoms with Gasteiger partial charge in [0.05, 0.1) is 18.9 Å². The lowest BCUT2D eigenvalue weighted by Gasteiger charge is -2.25. The van der Waals surface area contributed by atoms with Gasteiger partial charge in [-0.3, -0.25) is 4.79 Å². The third-order valence-electron chi connectivity index (χ3n) is 4.88. The standard InChI is InChI=1S/C23H28N4O3/c1-16(2)24-23(29)26(3)15-22(28)27-21(17-9-6-5-7-10-17)14-20(25-27)18-11-8-12-19(13-18)30-4/h5-13,16,21H,14-15H2,1-4H3,(H,24,29)/t21-/m1/s1. The Hall–Kier alpha value is -3.35. The van der Waals surface area contributed by atoms with Crippen LogP contribution >= 0.6 is 0 Å². The van der Waals surface area contributed by atoms with Gasteiger partial charge in [0.2, 0.25) is 0 Å². The molecule has 1 heterocycles. The van der Waals surface area contributed by atoms with Crippen molar-refractivity contribution in [1.29, 1.82) is 0 Å². The lowest BCUT2D eigenvalue weighted by molar-refractivity contribution is -0.133. The minimum absolute atomic E-state index is 0.00316. The number of hydrazone groups is 1. The highest BCUT2D eigenvalue weighted by Gasteiger charge is 2.34. The van der Waals surface area contributed by atoms with E-state index in [0.717, 1.165) is 22.6 Å². The van der Waals surface area contributed by atoms with E-state index in [4.69, 9.17) is 4.74 Å². The van der Waals surface area contributed by atoms with Crippen LogP contribution in [0.15, 0.2) is 59.7 Å². The van der Waals surface area contributed by atoms with Crippen molar-refractivity contribution in [2.24, 2.45) is 5.10 Å². The first-order chi connectivity index (χ1) is 14.4. The zero-order valence-electron chi connectivity index (χ0n) is 17.8. The highest BCUT2D eigenvalue weighted by Crippen LogP contribution is 2.33. The van der Waals surface area contributed by atoms with Crippen LogP contribution in [0.3, 0.4) is 0 Å². The van der Waals surface area contributed by atoms with Gasteiger partial charge >= 0.3 is 6.03 Å². The molecular weight excluding hydrogens is 380 g/mol. The molecule has 0 unspecified atom stereocenters. The molecule has 1 N–H and O–H groups in total. The zero-order valence-corrected chi connectivity index (χ0v) is 17.8. The highest BCUT2D eigenvalue weighted by atomic mass is 16.5. The fourth-order valence-corrected chi connectivity index (χ4v) is 3.36. The summed E-state index contributed by atoms with van der Waals surface area (Å²) >= 11 is 0. The van der Waals surface area contributed by atoms with E-state index in [1.165, 1.54) is 9.91 Å². The maximum absolute atomic E-state index is 13.1. The molecule has 2 aromatic rings. The summed E-state index contributed by atoms with van der Waals surface area (Å²) in [6, 6.07) is 17.0. The molecule has 3 amide bonds. The van der Waals surface area contributed by atoms with Crippen molar-refractivity contribution >= 4 is 17.6 Å². The fourth-order valence-electron chi connectivity index (χ4n) is 3.36. The second-order valence-electron chi connectivity index (χ2n) is 7.61. The van der Waals surface area contributed by atoms with Crippen molar-refractivity contribution in [3.63, 3.8) is 0 Å². The number of nitrogens with zero attached hydrogens (tertiary/aromatic N) is 3. The fraction of sp³-hybridized carbons (Fsp3) is 0.348. The van der Waals surface area contributed by atoms with E-state index >= 15 is 0 Å². The molecule has 0 aromatic heterocycles. The van der Waals surface area contributed by atoms with E-state index in [2.05, 4.69) is 10.4 Å². The van der Waals surface area contributed by atoms with Crippen LogP contribution in [0, 0.1) is 0 Å². The first-order valence-electron chi connectivity index (χ1n) is 9.99. The number of ether oxygens (including phenoxy) is 1.